The summed E-state index contributed by atoms with van der Waals surface area (Å²) < 4.78 is 6.24. The highest BCUT2D eigenvalue weighted by Gasteiger charge is 2.37. The van der Waals surface area contributed by atoms with Gasteiger partial charge >= 0.3 is 5.97 Å². The molecule has 180 valence electrons. The Balaban J connectivity index is 1.78. The van der Waals surface area contributed by atoms with Gasteiger partial charge in [0.2, 0.25) is 5.91 Å². The molecule has 0 saturated heterocycles. The normalized spacial score (nSPS) is 22.8. The summed E-state index contributed by atoms with van der Waals surface area (Å²) in [5, 5.41) is 16.9. The number of carbonyl (C=O) groups is 2. The summed E-state index contributed by atoms with van der Waals surface area (Å²) in [5.41, 5.74) is 3.69. The zero-order valence-electron chi connectivity index (χ0n) is 19.7. The highest BCUT2D eigenvalue weighted by molar-refractivity contribution is 6.32. The summed E-state index contributed by atoms with van der Waals surface area (Å²) in [6, 6.07) is 5.41. The van der Waals surface area contributed by atoms with Crippen LogP contribution >= 0.6 is 11.6 Å². The number of nitrogens with one attached hydrogen (secondary N) is 2. The Labute approximate surface area is 201 Å². The number of rotatable bonds is 10. The van der Waals surface area contributed by atoms with Crippen molar-refractivity contribution in [3.05, 3.63) is 52.1 Å². The first-order valence-electron chi connectivity index (χ1n) is 11.9. The first-order valence-corrected chi connectivity index (χ1v) is 12.3. The van der Waals surface area contributed by atoms with Gasteiger partial charge in [-0.25, -0.2) is 4.79 Å². The van der Waals surface area contributed by atoms with Crippen LogP contribution in [-0.2, 0) is 20.9 Å². The molecule has 0 saturated carbocycles. The molecule has 0 aliphatic heterocycles. The predicted molar refractivity (Wildman–Crippen MR) is 131 cm³/mol. The molecule has 0 aromatic heterocycles. The Morgan fingerprint density at radius 3 is 2.61 bits per heavy atom. The molecular formula is C26H35ClN2O4. The van der Waals surface area contributed by atoms with Crippen LogP contribution in [0.15, 0.2) is 35.9 Å². The Bertz CT molecular complexity index is 923. The second kappa shape index (κ2) is 11.8. The van der Waals surface area contributed by atoms with E-state index in [-0.39, 0.29) is 24.1 Å². The van der Waals surface area contributed by atoms with Crippen molar-refractivity contribution in [2.75, 3.05) is 0 Å². The molecule has 3 rings (SSSR count). The third kappa shape index (κ3) is 6.69. The maximum absolute atomic E-state index is 12.0. The number of halogens is 1. The smallest absolute Gasteiger partial charge is 0.331 e. The van der Waals surface area contributed by atoms with E-state index in [1.807, 2.05) is 19.9 Å². The lowest BCUT2D eigenvalue weighted by Gasteiger charge is -2.38. The van der Waals surface area contributed by atoms with Crippen molar-refractivity contribution in [1.82, 2.24) is 10.6 Å². The highest BCUT2D eigenvalue weighted by Crippen LogP contribution is 2.33. The van der Waals surface area contributed by atoms with Crippen molar-refractivity contribution in [3.8, 4) is 0 Å². The SMILES string of the molecule is CCC(CC)O[C@@H]1C=C(C(=O)O)C[C@H](NCc2ccc(C3=CCCC3)c(Cl)c2)[C@H]1NC(C)=O. The van der Waals surface area contributed by atoms with E-state index in [0.717, 1.165) is 41.8 Å². The lowest BCUT2D eigenvalue weighted by Crippen LogP contribution is -2.58. The van der Waals surface area contributed by atoms with Gasteiger partial charge in [-0.15, -0.1) is 0 Å². The average Bonchev–Trinajstić information content (AvgIpc) is 3.31. The van der Waals surface area contributed by atoms with E-state index < -0.39 is 12.1 Å². The molecule has 1 aromatic rings. The molecule has 6 nitrogen and oxygen atoms in total. The van der Waals surface area contributed by atoms with Gasteiger partial charge in [0.25, 0.3) is 0 Å². The first kappa shape index (κ1) is 25.5. The van der Waals surface area contributed by atoms with Crippen LogP contribution in [0.25, 0.3) is 5.57 Å². The Morgan fingerprint density at radius 2 is 2.03 bits per heavy atom. The number of benzene rings is 1. The topological polar surface area (TPSA) is 87.7 Å². The second-order valence-electron chi connectivity index (χ2n) is 8.89. The molecule has 3 atom stereocenters. The number of carboxylic acid groups (broad SMARTS) is 1. The van der Waals surface area contributed by atoms with Crippen LogP contribution in [0.4, 0.5) is 0 Å². The molecule has 0 heterocycles. The predicted octanol–water partition coefficient (Wildman–Crippen LogP) is 4.86. The number of amides is 1. The standard InChI is InChI=1S/C26H35ClN2O4/c1-4-20(5-2)33-24-14-19(26(31)32)13-23(25(24)29-16(3)30)28-15-17-10-11-21(22(27)12-17)18-8-6-7-9-18/h8,10-12,14,20,23-25,28H,4-7,9,13,15H2,1-3H3,(H,29,30)(H,31,32)/t23-,24+,25+/m0/s1. The summed E-state index contributed by atoms with van der Waals surface area (Å²) >= 11 is 6.57. The van der Waals surface area contributed by atoms with E-state index in [4.69, 9.17) is 16.3 Å². The van der Waals surface area contributed by atoms with Crippen LogP contribution in [0.5, 0.6) is 0 Å². The van der Waals surface area contributed by atoms with Gasteiger partial charge in [-0.3, -0.25) is 4.79 Å². The van der Waals surface area contributed by atoms with Crippen molar-refractivity contribution >= 4 is 29.1 Å². The molecule has 1 amide bonds. The average molecular weight is 475 g/mol. The van der Waals surface area contributed by atoms with Crippen molar-refractivity contribution in [1.29, 1.82) is 0 Å². The monoisotopic (exact) mass is 474 g/mol. The zero-order valence-corrected chi connectivity index (χ0v) is 20.5. The van der Waals surface area contributed by atoms with E-state index in [1.54, 1.807) is 6.08 Å². The largest absolute Gasteiger partial charge is 0.478 e. The quantitative estimate of drug-likeness (QED) is 0.450. The van der Waals surface area contributed by atoms with Crippen molar-refractivity contribution in [3.63, 3.8) is 0 Å². The molecule has 2 aliphatic carbocycles. The summed E-state index contributed by atoms with van der Waals surface area (Å²) in [7, 11) is 0. The number of carboxylic acids is 1. The van der Waals surface area contributed by atoms with Gasteiger partial charge in [0, 0.05) is 30.1 Å². The summed E-state index contributed by atoms with van der Waals surface area (Å²) in [6.45, 7) is 6.05. The molecule has 0 radical (unpaired) electrons. The van der Waals surface area contributed by atoms with Gasteiger partial charge < -0.3 is 20.5 Å². The molecule has 1 aromatic carbocycles. The van der Waals surface area contributed by atoms with Gasteiger partial charge in [0.15, 0.2) is 0 Å². The number of ether oxygens (including phenoxy) is 1. The van der Waals surface area contributed by atoms with Gasteiger partial charge in [-0.1, -0.05) is 43.7 Å². The van der Waals surface area contributed by atoms with Crippen LogP contribution in [0, 0.1) is 0 Å². The minimum absolute atomic E-state index is 0.00690. The summed E-state index contributed by atoms with van der Waals surface area (Å²) in [4.78, 5) is 23.8. The van der Waals surface area contributed by atoms with Crippen LogP contribution in [0.1, 0.15) is 70.4 Å². The molecule has 3 N–H and O–H groups in total. The lowest BCUT2D eigenvalue weighted by molar-refractivity contribution is -0.133. The minimum Gasteiger partial charge on any atom is -0.478 e. The molecule has 0 spiro atoms. The van der Waals surface area contributed by atoms with Crippen LogP contribution in [0.2, 0.25) is 5.02 Å². The van der Waals surface area contributed by atoms with Crippen molar-refractivity contribution < 1.29 is 19.4 Å². The summed E-state index contributed by atoms with van der Waals surface area (Å²) in [5.74, 6) is -1.13. The van der Waals surface area contributed by atoms with E-state index in [9.17, 15) is 14.7 Å². The fourth-order valence-corrected chi connectivity index (χ4v) is 4.98. The number of carbonyl (C=O) groups excluding carboxylic acids is 1. The van der Waals surface area contributed by atoms with Crippen molar-refractivity contribution in [2.45, 2.75) is 90.1 Å². The number of allylic oxidation sites excluding steroid dienone is 2. The molecule has 33 heavy (non-hydrogen) atoms. The van der Waals surface area contributed by atoms with Gasteiger partial charge in [0.05, 0.1) is 18.2 Å². The number of hydrogen-bond acceptors (Lipinski definition) is 4. The van der Waals surface area contributed by atoms with E-state index in [0.29, 0.717) is 18.5 Å². The zero-order chi connectivity index (χ0) is 24.0. The minimum atomic E-state index is -0.960. The van der Waals surface area contributed by atoms with Gasteiger partial charge in [-0.2, -0.15) is 0 Å². The van der Waals surface area contributed by atoms with Gasteiger partial charge in [-0.05, 0) is 67.4 Å². The number of hydrogen-bond donors (Lipinski definition) is 3. The highest BCUT2D eigenvalue weighted by atomic mass is 35.5. The molecule has 7 heteroatoms. The van der Waals surface area contributed by atoms with Crippen LogP contribution in [-0.4, -0.2) is 41.3 Å². The van der Waals surface area contributed by atoms with Gasteiger partial charge in [0.1, 0.15) is 0 Å². The van der Waals surface area contributed by atoms with Crippen LogP contribution in [0.3, 0.4) is 0 Å². The van der Waals surface area contributed by atoms with E-state index >= 15 is 0 Å². The summed E-state index contributed by atoms with van der Waals surface area (Å²) in [6.07, 6.45) is 8.62. The molecular weight excluding hydrogens is 440 g/mol. The first-order chi connectivity index (χ1) is 15.8. The number of aliphatic carboxylic acids is 1. The third-order valence-corrected chi connectivity index (χ3v) is 6.80. The maximum atomic E-state index is 12.0. The molecule has 2 aliphatic rings. The van der Waals surface area contributed by atoms with Crippen LogP contribution < -0.4 is 10.6 Å². The van der Waals surface area contributed by atoms with E-state index in [2.05, 4.69) is 28.8 Å². The Kier molecular flexibility index (Phi) is 9.12. The fraction of sp³-hybridized carbons (Fsp3) is 0.538. The third-order valence-electron chi connectivity index (χ3n) is 6.49. The molecule has 0 bridgehead atoms. The molecule has 0 fully saturated rings. The second-order valence-corrected chi connectivity index (χ2v) is 9.30. The maximum Gasteiger partial charge on any atom is 0.331 e. The molecule has 0 unspecified atom stereocenters. The fourth-order valence-electron chi connectivity index (χ4n) is 4.66. The lowest BCUT2D eigenvalue weighted by atomic mass is 9.87. The van der Waals surface area contributed by atoms with Crippen molar-refractivity contribution in [2.24, 2.45) is 0 Å². The Morgan fingerprint density at radius 1 is 1.27 bits per heavy atom. The van der Waals surface area contributed by atoms with E-state index in [1.165, 1.54) is 18.9 Å². The Hall–Kier alpha value is -2.15.